The Balaban J connectivity index is 3.58. The number of allylic oxidation sites excluding steroid dienone is 7. The molecule has 0 aliphatic rings. The first-order valence-corrected chi connectivity index (χ1v) is 28.9. The smallest absolute Gasteiger partial charge is 0.305 e. The molecule has 0 aliphatic heterocycles. The molecule has 0 saturated heterocycles. The van der Waals surface area contributed by atoms with Gasteiger partial charge in [0.25, 0.3) is 0 Å². The average molecular weight is 927 g/mol. The monoisotopic (exact) mass is 926 g/mol. The molecule has 0 aromatic carbocycles. The van der Waals surface area contributed by atoms with Crippen LogP contribution in [0.15, 0.2) is 48.6 Å². The van der Waals surface area contributed by atoms with Crippen LogP contribution < -0.4 is 5.32 Å². The molecule has 0 aromatic heterocycles. The third-order valence-electron chi connectivity index (χ3n) is 13.1. The van der Waals surface area contributed by atoms with E-state index in [4.69, 9.17) is 4.74 Å². The molecule has 0 saturated carbocycles. The summed E-state index contributed by atoms with van der Waals surface area (Å²) in [4.78, 5) is 24.5. The van der Waals surface area contributed by atoms with Gasteiger partial charge in [-0.3, -0.25) is 9.59 Å². The molecule has 66 heavy (non-hydrogen) atoms. The van der Waals surface area contributed by atoms with Crippen LogP contribution in [-0.2, 0) is 14.3 Å². The fourth-order valence-corrected chi connectivity index (χ4v) is 8.62. The molecule has 6 nitrogen and oxygen atoms in total. The number of aliphatic hydroxyl groups is 2. The zero-order chi connectivity index (χ0) is 47.9. The molecule has 0 bridgehead atoms. The van der Waals surface area contributed by atoms with Crippen LogP contribution in [-0.4, -0.2) is 47.4 Å². The molecule has 2 unspecified atom stereocenters. The fraction of sp³-hybridized carbons (Fsp3) is 0.833. The summed E-state index contributed by atoms with van der Waals surface area (Å²) in [7, 11) is 0. The highest BCUT2D eigenvalue weighted by Crippen LogP contribution is 2.16. The molecule has 0 radical (unpaired) electrons. The maximum atomic E-state index is 12.4. The number of nitrogens with one attached hydrogen (secondary N) is 1. The van der Waals surface area contributed by atoms with E-state index in [9.17, 15) is 19.8 Å². The first-order valence-electron chi connectivity index (χ1n) is 28.9. The van der Waals surface area contributed by atoms with E-state index >= 15 is 0 Å². The number of carbonyl (C=O) groups excluding carboxylic acids is 2. The third kappa shape index (κ3) is 51.2. The Labute approximate surface area is 410 Å². The number of aliphatic hydroxyl groups excluding tert-OH is 2. The van der Waals surface area contributed by atoms with Crippen LogP contribution >= 0.6 is 0 Å². The molecule has 1 amide bonds. The van der Waals surface area contributed by atoms with E-state index in [1.165, 1.54) is 212 Å². The lowest BCUT2D eigenvalue weighted by molar-refractivity contribution is -0.143. The molecule has 3 N–H and O–H groups in total. The summed E-state index contributed by atoms with van der Waals surface area (Å²) >= 11 is 0. The minimum atomic E-state index is -0.881. The van der Waals surface area contributed by atoms with Crippen LogP contribution in [0.5, 0.6) is 0 Å². The van der Waals surface area contributed by atoms with Gasteiger partial charge in [0.2, 0.25) is 5.91 Å². The van der Waals surface area contributed by atoms with Gasteiger partial charge in [-0.2, -0.15) is 0 Å². The van der Waals surface area contributed by atoms with Crippen LogP contribution in [0, 0.1) is 0 Å². The SMILES string of the molecule is CCCCCC/C=C\CCCCCCCC(=O)OCCCCCCCC/C=C\C/C=C\CCC(=O)NC(CO)C(O)/C=C/CCCCCCCCCCCCCCCCCCCCCCC. The molecule has 0 aromatic rings. The quantitative estimate of drug-likeness (QED) is 0.0321. The topological polar surface area (TPSA) is 95.9 Å². The molecule has 0 aliphatic carbocycles. The lowest BCUT2D eigenvalue weighted by atomic mass is 10.0. The van der Waals surface area contributed by atoms with E-state index in [0.29, 0.717) is 25.9 Å². The van der Waals surface area contributed by atoms with Gasteiger partial charge in [0.1, 0.15) is 0 Å². The first kappa shape index (κ1) is 63.8. The summed E-state index contributed by atoms with van der Waals surface area (Å²) < 4.78 is 5.44. The second kappa shape index (κ2) is 55.4. The van der Waals surface area contributed by atoms with Crippen molar-refractivity contribution >= 4 is 11.9 Å². The molecular formula is C60H111NO5. The van der Waals surface area contributed by atoms with E-state index in [-0.39, 0.29) is 18.5 Å². The highest BCUT2D eigenvalue weighted by molar-refractivity contribution is 5.76. The first-order chi connectivity index (χ1) is 32.5. The highest BCUT2D eigenvalue weighted by atomic mass is 16.5. The Morgan fingerprint density at radius 2 is 0.773 bits per heavy atom. The van der Waals surface area contributed by atoms with Gasteiger partial charge in [-0.15, -0.1) is 0 Å². The van der Waals surface area contributed by atoms with Crippen molar-refractivity contribution in [2.75, 3.05) is 13.2 Å². The molecule has 0 heterocycles. The van der Waals surface area contributed by atoms with E-state index in [2.05, 4.69) is 49.5 Å². The number of ether oxygens (including phenoxy) is 1. The van der Waals surface area contributed by atoms with Gasteiger partial charge >= 0.3 is 5.97 Å². The summed E-state index contributed by atoms with van der Waals surface area (Å²) in [5.74, 6) is -0.175. The summed E-state index contributed by atoms with van der Waals surface area (Å²) in [6.45, 7) is 4.83. The van der Waals surface area contributed by atoms with Crippen molar-refractivity contribution in [2.45, 2.75) is 309 Å². The van der Waals surface area contributed by atoms with Gasteiger partial charge in [-0.25, -0.2) is 0 Å². The second-order valence-electron chi connectivity index (χ2n) is 19.6. The standard InChI is InChI=1S/C60H111NO5/c1-3-5-7-9-11-13-15-17-18-19-20-21-22-23-24-25-26-29-32-36-40-44-48-52-58(63)57(56-62)61-59(64)53-49-45-41-37-33-30-27-31-35-39-43-47-51-55-66-60(65)54-50-46-42-38-34-28-16-14-12-10-8-6-4-2/h14,16,30,33,41,45,48,52,57-58,62-63H,3-13,15,17-29,31-32,34-40,42-44,46-47,49-51,53-56H2,1-2H3,(H,61,64)/b16-14-,33-30-,45-41-,52-48+. The van der Waals surface area contributed by atoms with Crippen molar-refractivity contribution < 1.29 is 24.5 Å². The molecular weight excluding hydrogens is 815 g/mol. The second-order valence-corrected chi connectivity index (χ2v) is 19.6. The summed E-state index contributed by atoms with van der Waals surface area (Å²) in [5.41, 5.74) is 0. The fourth-order valence-electron chi connectivity index (χ4n) is 8.62. The van der Waals surface area contributed by atoms with Gasteiger partial charge in [-0.1, -0.05) is 255 Å². The zero-order valence-electron chi connectivity index (χ0n) is 43.9. The van der Waals surface area contributed by atoms with Crippen molar-refractivity contribution in [3.63, 3.8) is 0 Å². The van der Waals surface area contributed by atoms with Gasteiger partial charge < -0.3 is 20.3 Å². The Morgan fingerprint density at radius 3 is 1.21 bits per heavy atom. The Hall–Kier alpha value is -2.18. The van der Waals surface area contributed by atoms with E-state index in [0.717, 1.165) is 51.4 Å². The molecule has 386 valence electrons. The van der Waals surface area contributed by atoms with Crippen LogP contribution in [0.3, 0.4) is 0 Å². The van der Waals surface area contributed by atoms with Gasteiger partial charge in [0.05, 0.1) is 25.4 Å². The molecule has 0 spiro atoms. The molecule has 2 atom stereocenters. The number of rotatable bonds is 53. The number of amides is 1. The number of esters is 1. The van der Waals surface area contributed by atoms with E-state index < -0.39 is 12.1 Å². The predicted molar refractivity (Wildman–Crippen MR) is 287 cm³/mol. The summed E-state index contributed by atoms with van der Waals surface area (Å²) in [5, 5.41) is 23.1. The summed E-state index contributed by atoms with van der Waals surface area (Å²) in [6, 6.07) is -0.674. The zero-order valence-corrected chi connectivity index (χ0v) is 43.9. The van der Waals surface area contributed by atoms with Gasteiger partial charge in [0.15, 0.2) is 0 Å². The lowest BCUT2D eigenvalue weighted by Crippen LogP contribution is -2.45. The van der Waals surface area contributed by atoms with E-state index in [1.54, 1.807) is 6.08 Å². The Morgan fingerprint density at radius 1 is 0.424 bits per heavy atom. The predicted octanol–water partition coefficient (Wildman–Crippen LogP) is 17.8. The van der Waals surface area contributed by atoms with Crippen molar-refractivity contribution in [3.8, 4) is 0 Å². The maximum absolute atomic E-state index is 12.4. The maximum Gasteiger partial charge on any atom is 0.305 e. The molecule has 0 fully saturated rings. The lowest BCUT2D eigenvalue weighted by Gasteiger charge is -2.19. The highest BCUT2D eigenvalue weighted by Gasteiger charge is 2.17. The van der Waals surface area contributed by atoms with Crippen LogP contribution in [0.2, 0.25) is 0 Å². The average Bonchev–Trinajstić information content (AvgIpc) is 3.32. The third-order valence-corrected chi connectivity index (χ3v) is 13.1. The van der Waals surface area contributed by atoms with E-state index in [1.807, 2.05) is 12.2 Å². The Kier molecular flexibility index (Phi) is 53.6. The van der Waals surface area contributed by atoms with Gasteiger partial charge in [-0.05, 0) is 77.0 Å². The van der Waals surface area contributed by atoms with Crippen molar-refractivity contribution in [1.82, 2.24) is 5.32 Å². The minimum absolute atomic E-state index is 0.0279. The molecule has 0 rings (SSSR count). The summed E-state index contributed by atoms with van der Waals surface area (Å²) in [6.07, 6.45) is 70.0. The number of hydrogen-bond acceptors (Lipinski definition) is 5. The van der Waals surface area contributed by atoms with Crippen molar-refractivity contribution in [3.05, 3.63) is 48.6 Å². The van der Waals surface area contributed by atoms with Gasteiger partial charge in [0, 0.05) is 12.8 Å². The van der Waals surface area contributed by atoms with Crippen LogP contribution in [0.25, 0.3) is 0 Å². The normalized spacial score (nSPS) is 13.0. The van der Waals surface area contributed by atoms with Crippen molar-refractivity contribution in [2.24, 2.45) is 0 Å². The Bertz CT molecular complexity index is 1110. The largest absolute Gasteiger partial charge is 0.466 e. The number of hydrogen-bond donors (Lipinski definition) is 3. The molecule has 6 heteroatoms. The van der Waals surface area contributed by atoms with Crippen LogP contribution in [0.1, 0.15) is 296 Å². The van der Waals surface area contributed by atoms with Crippen molar-refractivity contribution in [1.29, 1.82) is 0 Å². The number of carbonyl (C=O) groups is 2. The minimum Gasteiger partial charge on any atom is -0.466 e. The number of unbranched alkanes of at least 4 members (excludes halogenated alkanes) is 36. The van der Waals surface area contributed by atoms with Crippen LogP contribution in [0.4, 0.5) is 0 Å².